The maximum absolute atomic E-state index is 10.2. The molecule has 1 fully saturated rings. The smallest absolute Gasteiger partial charge is 0.192 e. The van der Waals surface area contributed by atoms with E-state index in [0.29, 0.717) is 0 Å². The minimum atomic E-state index is -1.98. The van der Waals surface area contributed by atoms with Crippen molar-refractivity contribution in [2.45, 2.75) is 96.9 Å². The van der Waals surface area contributed by atoms with E-state index < -0.39 is 16.6 Å². The van der Waals surface area contributed by atoms with Crippen molar-refractivity contribution in [1.82, 2.24) is 0 Å². The van der Waals surface area contributed by atoms with Crippen LogP contribution in [-0.2, 0) is 8.85 Å². The van der Waals surface area contributed by atoms with Crippen LogP contribution in [0.25, 0.3) is 0 Å². The summed E-state index contributed by atoms with van der Waals surface area (Å²) in [5, 5.41) is 10.5. The molecule has 6 heteroatoms. The van der Waals surface area contributed by atoms with E-state index in [-0.39, 0.29) is 58.5 Å². The zero-order valence-corrected chi connectivity index (χ0v) is 25.3. The fourth-order valence-corrected chi connectivity index (χ4v) is 8.27. The molecule has 3 nitrogen and oxygen atoms in total. The molecule has 1 saturated carbocycles. The van der Waals surface area contributed by atoms with E-state index in [2.05, 4.69) is 109 Å². The largest absolute Gasteiger partial charge is 0.413 e. The molecule has 180 valence electrons. The molecule has 0 saturated heterocycles. The van der Waals surface area contributed by atoms with Gasteiger partial charge in [-0.05, 0) is 52.6 Å². The van der Waals surface area contributed by atoms with Crippen LogP contribution in [0.1, 0.15) is 48.5 Å². The second kappa shape index (κ2) is 9.14. The molecule has 0 aromatic carbocycles. The van der Waals surface area contributed by atoms with Crippen LogP contribution in [0, 0.1) is 29.6 Å². The van der Waals surface area contributed by atoms with Crippen LogP contribution in [0.3, 0.4) is 0 Å². The molecule has 31 heavy (non-hydrogen) atoms. The maximum atomic E-state index is 10.2. The number of aliphatic hydroxyl groups is 1. The summed E-state index contributed by atoms with van der Waals surface area (Å²) in [4.78, 5) is 0. The maximum Gasteiger partial charge on any atom is 0.192 e. The molecule has 0 aliphatic heterocycles. The first-order valence-corrected chi connectivity index (χ1v) is 18.5. The SMILES string of the molecule is C=C[C@@H]1[C@@H]2[C@H](C=C(Br)[C@H]1CO)[C@@H](O[Si](C)(C)C(C)(C)C)[C@H](C)[C@H]2O[Si](C)(C)C(C)(C)C. The van der Waals surface area contributed by atoms with Crippen LogP contribution in [0.5, 0.6) is 0 Å². The molecule has 2 aliphatic carbocycles. The number of hydrogen-bond donors (Lipinski definition) is 1. The van der Waals surface area contributed by atoms with Gasteiger partial charge in [-0.25, -0.2) is 0 Å². The molecule has 2 rings (SSSR count). The summed E-state index contributed by atoms with van der Waals surface area (Å²) in [5.74, 6) is 1.03. The van der Waals surface area contributed by atoms with Gasteiger partial charge in [-0.1, -0.05) is 76.5 Å². The van der Waals surface area contributed by atoms with E-state index in [1.165, 1.54) is 0 Å². The lowest BCUT2D eigenvalue weighted by atomic mass is 9.71. The second-order valence-corrected chi connectivity index (χ2v) is 23.3. The third-order valence-electron chi connectivity index (χ3n) is 8.80. The summed E-state index contributed by atoms with van der Waals surface area (Å²) < 4.78 is 15.3. The first-order valence-electron chi connectivity index (χ1n) is 11.9. The van der Waals surface area contributed by atoms with Crippen molar-refractivity contribution >= 4 is 32.6 Å². The summed E-state index contributed by atoms with van der Waals surface area (Å²) in [7, 11) is -3.93. The van der Waals surface area contributed by atoms with Gasteiger partial charge in [0.25, 0.3) is 0 Å². The van der Waals surface area contributed by atoms with E-state index in [9.17, 15) is 5.11 Å². The summed E-state index contributed by atoms with van der Waals surface area (Å²) in [6, 6.07) is 0. The highest BCUT2D eigenvalue weighted by molar-refractivity contribution is 9.11. The Morgan fingerprint density at radius 1 is 1.00 bits per heavy atom. The van der Waals surface area contributed by atoms with Gasteiger partial charge in [-0.2, -0.15) is 0 Å². The van der Waals surface area contributed by atoms with Crippen molar-refractivity contribution in [1.29, 1.82) is 0 Å². The third kappa shape index (κ3) is 5.19. The van der Waals surface area contributed by atoms with Crippen LogP contribution >= 0.6 is 15.9 Å². The van der Waals surface area contributed by atoms with Crippen LogP contribution in [0.2, 0.25) is 36.3 Å². The number of allylic oxidation sites excluding steroid dienone is 1. The van der Waals surface area contributed by atoms with Crippen molar-refractivity contribution < 1.29 is 14.0 Å². The predicted molar refractivity (Wildman–Crippen MR) is 142 cm³/mol. The van der Waals surface area contributed by atoms with E-state index in [4.69, 9.17) is 8.85 Å². The van der Waals surface area contributed by atoms with Gasteiger partial charge in [-0.15, -0.1) is 6.58 Å². The van der Waals surface area contributed by atoms with Crippen LogP contribution in [0.4, 0.5) is 0 Å². The highest BCUT2D eigenvalue weighted by atomic mass is 79.9. The van der Waals surface area contributed by atoms with Gasteiger partial charge in [0.15, 0.2) is 16.6 Å². The average molecular weight is 532 g/mol. The van der Waals surface area contributed by atoms with E-state index in [1.807, 2.05) is 0 Å². The molecule has 0 unspecified atom stereocenters. The average Bonchev–Trinajstić information content (AvgIpc) is 2.83. The Morgan fingerprint density at radius 3 is 1.84 bits per heavy atom. The Balaban J connectivity index is 2.55. The Morgan fingerprint density at radius 2 is 1.45 bits per heavy atom. The topological polar surface area (TPSA) is 38.7 Å². The highest BCUT2D eigenvalue weighted by Gasteiger charge is 2.58. The summed E-state index contributed by atoms with van der Waals surface area (Å²) in [6.07, 6.45) is 4.61. The lowest BCUT2D eigenvalue weighted by molar-refractivity contribution is 0.0547. The first kappa shape index (κ1) is 27.5. The van der Waals surface area contributed by atoms with Gasteiger partial charge in [0, 0.05) is 17.8 Å². The van der Waals surface area contributed by atoms with Gasteiger partial charge in [0.05, 0.1) is 18.8 Å². The normalized spacial score (nSPS) is 35.0. The number of hydrogen-bond acceptors (Lipinski definition) is 3. The Hall–Kier alpha value is 0.274. The monoisotopic (exact) mass is 530 g/mol. The fraction of sp³-hybridized carbons (Fsp3) is 0.840. The molecule has 0 amide bonds. The summed E-state index contributed by atoms with van der Waals surface area (Å²) in [5.41, 5.74) is 0. The molecule has 0 radical (unpaired) electrons. The van der Waals surface area contributed by atoms with Gasteiger partial charge in [-0.3, -0.25) is 0 Å². The van der Waals surface area contributed by atoms with Gasteiger partial charge in [0.2, 0.25) is 0 Å². The minimum Gasteiger partial charge on any atom is -0.413 e. The first-order chi connectivity index (χ1) is 13.9. The minimum absolute atomic E-state index is 0.0445. The Bertz CT molecular complexity index is 690. The molecule has 0 spiro atoms. The van der Waals surface area contributed by atoms with Crippen molar-refractivity contribution in [2.75, 3.05) is 6.61 Å². The Kier molecular flexibility index (Phi) is 8.11. The molecule has 0 aromatic rings. The number of halogens is 1. The predicted octanol–water partition coefficient (Wildman–Crippen LogP) is 7.35. The van der Waals surface area contributed by atoms with Crippen molar-refractivity contribution in [3.63, 3.8) is 0 Å². The quantitative estimate of drug-likeness (QED) is 0.288. The van der Waals surface area contributed by atoms with E-state index in [0.717, 1.165) is 4.48 Å². The number of aliphatic hydroxyl groups excluding tert-OH is 1. The van der Waals surface area contributed by atoms with Crippen molar-refractivity contribution in [3.05, 3.63) is 23.2 Å². The third-order valence-corrected chi connectivity index (χ3v) is 18.6. The molecule has 7 atom stereocenters. The number of fused-ring (bicyclic) bond motifs is 1. The van der Waals surface area contributed by atoms with E-state index in [1.54, 1.807) is 0 Å². The van der Waals surface area contributed by atoms with Crippen molar-refractivity contribution in [3.8, 4) is 0 Å². The molecule has 0 bridgehead atoms. The Labute approximate surface area is 202 Å². The molecular formula is C25H47BrO3Si2. The molecule has 0 aromatic heterocycles. The van der Waals surface area contributed by atoms with Gasteiger partial charge < -0.3 is 14.0 Å². The zero-order chi connectivity index (χ0) is 24.2. The van der Waals surface area contributed by atoms with Gasteiger partial charge in [0.1, 0.15) is 0 Å². The van der Waals surface area contributed by atoms with Gasteiger partial charge >= 0.3 is 0 Å². The molecule has 0 heterocycles. The molecule has 2 aliphatic rings. The van der Waals surface area contributed by atoms with Crippen LogP contribution in [0.15, 0.2) is 23.2 Å². The highest BCUT2D eigenvalue weighted by Crippen LogP contribution is 2.55. The zero-order valence-electron chi connectivity index (χ0n) is 21.8. The molecule has 1 N–H and O–H groups in total. The fourth-order valence-electron chi connectivity index (χ4n) is 4.70. The number of rotatable bonds is 6. The lowest BCUT2D eigenvalue weighted by Crippen LogP contribution is -2.48. The summed E-state index contributed by atoms with van der Waals surface area (Å²) in [6.45, 7) is 29.8. The summed E-state index contributed by atoms with van der Waals surface area (Å²) >= 11 is 3.79. The molecular weight excluding hydrogens is 484 g/mol. The standard InChI is InChI=1S/C25H47BrO3Si2/c1-13-17-19(15-27)20(26)14-18-21(17)23(29-31(11,12)25(6,7)8)16(2)22(18)28-30(9,10)24(3,4)5/h13-14,16-19,21-23,27H,1,15H2,2-12H3/t16-,17-,18-,19-,21+,22-,23+/m0/s1. The lowest BCUT2D eigenvalue weighted by Gasteiger charge is -2.44. The van der Waals surface area contributed by atoms with E-state index >= 15 is 0 Å². The second-order valence-electron chi connectivity index (χ2n) is 12.9. The van der Waals surface area contributed by atoms with Crippen molar-refractivity contribution in [2.24, 2.45) is 29.6 Å². The van der Waals surface area contributed by atoms with Crippen LogP contribution < -0.4 is 0 Å². The van der Waals surface area contributed by atoms with Crippen LogP contribution in [-0.4, -0.2) is 40.6 Å².